The number of rotatable bonds is 9. The number of imide groups is 1. The molecule has 1 saturated heterocycles. The molecule has 0 aliphatic carbocycles. The number of pyridine rings is 1. The number of amides is 3. The maximum absolute atomic E-state index is 11.7. The second kappa shape index (κ2) is 10.0. The highest BCUT2D eigenvalue weighted by Crippen LogP contribution is 2.29. The van der Waals surface area contributed by atoms with Crippen molar-refractivity contribution >= 4 is 45.3 Å². The number of aromatic nitrogens is 1. The summed E-state index contributed by atoms with van der Waals surface area (Å²) in [6.07, 6.45) is 2.01. The van der Waals surface area contributed by atoms with Crippen LogP contribution in [0.15, 0.2) is 29.4 Å². The molecule has 134 valence electrons. The van der Waals surface area contributed by atoms with Gasteiger partial charge in [-0.05, 0) is 22.9 Å². The summed E-state index contributed by atoms with van der Waals surface area (Å²) in [5.74, 6) is -1.36. The first-order chi connectivity index (χ1) is 12.1. The highest BCUT2D eigenvalue weighted by Gasteiger charge is 2.32. The highest BCUT2D eigenvalue weighted by atomic mass is 33.1. The Morgan fingerprint density at radius 1 is 1.20 bits per heavy atom. The third-order valence-electron chi connectivity index (χ3n) is 3.04. The maximum Gasteiger partial charge on any atom is 0.334 e. The summed E-state index contributed by atoms with van der Waals surface area (Å²) in [7, 11) is 3.01. The van der Waals surface area contributed by atoms with Crippen LogP contribution in [0.25, 0.3) is 0 Å². The molecule has 1 fully saturated rings. The zero-order valence-electron chi connectivity index (χ0n) is 13.3. The summed E-state index contributed by atoms with van der Waals surface area (Å²) in [5, 5.41) is 3.97. The van der Waals surface area contributed by atoms with Crippen LogP contribution in [0.3, 0.4) is 0 Å². The Morgan fingerprint density at radius 3 is 2.64 bits per heavy atom. The molecular weight excluding hydrogens is 370 g/mol. The van der Waals surface area contributed by atoms with Crippen LogP contribution >= 0.6 is 21.6 Å². The summed E-state index contributed by atoms with van der Waals surface area (Å²) >= 11 is 0. The molecule has 1 N–H and O–H groups in total. The first kappa shape index (κ1) is 19.3. The van der Waals surface area contributed by atoms with E-state index >= 15 is 0 Å². The largest absolute Gasteiger partial charge is 0.355 e. The van der Waals surface area contributed by atoms with E-state index in [4.69, 9.17) is 4.84 Å². The van der Waals surface area contributed by atoms with Crippen LogP contribution in [0.2, 0.25) is 0 Å². The lowest BCUT2D eigenvalue weighted by molar-refractivity contribution is -0.197. The van der Waals surface area contributed by atoms with Crippen molar-refractivity contribution in [2.75, 3.05) is 12.3 Å². The second-order valence-corrected chi connectivity index (χ2v) is 7.40. The van der Waals surface area contributed by atoms with Crippen molar-refractivity contribution in [2.24, 2.45) is 0 Å². The molecule has 0 aromatic carbocycles. The lowest BCUT2D eigenvalue weighted by Crippen LogP contribution is -2.33. The summed E-state index contributed by atoms with van der Waals surface area (Å²) in [6, 6.07) is 5.62. The summed E-state index contributed by atoms with van der Waals surface area (Å²) in [4.78, 5) is 54.7. The molecule has 25 heavy (non-hydrogen) atoms. The van der Waals surface area contributed by atoms with Gasteiger partial charge in [-0.15, -0.1) is 5.06 Å². The SMILES string of the molecule is O=C(CCSSc1ccccn1)[15NH][13CH2][13CH2][13C](=O)ON1C(=O)CCC1=O. The predicted octanol–water partition coefficient (Wildman–Crippen LogP) is 1.33. The first-order valence-electron chi connectivity index (χ1n) is 7.60. The second-order valence-electron chi connectivity index (χ2n) is 4.97. The number of hydrogen-bond acceptors (Lipinski definition) is 8. The number of hydroxylamine groups is 2. The van der Waals surface area contributed by atoms with Gasteiger partial charge in [0.05, 0.1) is 6.42 Å². The Labute approximate surface area is 152 Å². The van der Waals surface area contributed by atoms with E-state index < -0.39 is 17.8 Å². The van der Waals surface area contributed by atoms with Gasteiger partial charge in [0, 0.05) is 37.8 Å². The minimum Gasteiger partial charge on any atom is -0.355 e. The summed E-state index contributed by atoms with van der Waals surface area (Å²) in [5.41, 5.74) is 0. The molecule has 1 aliphatic rings. The molecule has 2 rings (SSSR count). The van der Waals surface area contributed by atoms with Crippen molar-refractivity contribution in [1.29, 1.82) is 0 Å². The van der Waals surface area contributed by atoms with E-state index in [1.54, 1.807) is 6.20 Å². The Hall–Kier alpha value is -2.07. The number of nitrogens with one attached hydrogen (secondary N) is 1. The number of carbonyl (C=O) groups excluding carboxylic acids is 4. The molecule has 10 heteroatoms. The smallest absolute Gasteiger partial charge is 0.334 e. The zero-order chi connectivity index (χ0) is 18.1. The minimum absolute atomic E-state index is 0.0526. The molecule has 8 nitrogen and oxygen atoms in total. The molecule has 1 aromatic rings. The Kier molecular flexibility index (Phi) is 7.74. The monoisotopic (exact) mass is 387 g/mol. The average molecular weight is 387 g/mol. The van der Waals surface area contributed by atoms with Crippen molar-refractivity contribution < 1.29 is 24.0 Å². The lowest BCUT2D eigenvalue weighted by Gasteiger charge is -2.12. The minimum atomic E-state index is -0.732. The van der Waals surface area contributed by atoms with E-state index in [2.05, 4.69) is 10.3 Å². The fraction of sp³-hybridized carbons (Fsp3) is 0.400. The average Bonchev–Trinajstić information content (AvgIpc) is 2.91. The van der Waals surface area contributed by atoms with Gasteiger partial charge in [-0.2, -0.15) is 0 Å². The van der Waals surface area contributed by atoms with Crippen molar-refractivity contribution in [2.45, 2.75) is 30.7 Å². The van der Waals surface area contributed by atoms with E-state index in [1.807, 2.05) is 18.2 Å². The molecule has 2 heterocycles. The topological polar surface area (TPSA) is 106 Å². The zero-order valence-corrected chi connectivity index (χ0v) is 14.9. The number of nitrogens with zero attached hydrogens (tertiary/aromatic N) is 2. The normalized spacial score (nSPS) is 13.8. The third-order valence-corrected chi connectivity index (χ3v) is 5.31. The van der Waals surface area contributed by atoms with Crippen LogP contribution in [0, 0.1) is 0 Å². The Morgan fingerprint density at radius 2 is 1.96 bits per heavy atom. The molecule has 3 amide bonds. The van der Waals surface area contributed by atoms with Gasteiger partial charge in [0.25, 0.3) is 11.8 Å². The fourth-order valence-corrected chi connectivity index (χ4v) is 3.70. The maximum atomic E-state index is 11.7. The molecule has 1 aromatic heterocycles. The quantitative estimate of drug-likeness (QED) is 0.222. The van der Waals surface area contributed by atoms with Crippen molar-refractivity contribution in [3.8, 4) is 0 Å². The van der Waals surface area contributed by atoms with Crippen molar-refractivity contribution in [3.63, 3.8) is 0 Å². The predicted molar refractivity (Wildman–Crippen MR) is 92.0 cm³/mol. The molecule has 0 saturated carbocycles. The molecule has 0 bridgehead atoms. The highest BCUT2D eigenvalue weighted by molar-refractivity contribution is 8.76. The number of carbonyl (C=O) groups is 4. The molecule has 1 aliphatic heterocycles. The molecular formula is C15H17N3O5S2. The molecule has 0 unspecified atom stereocenters. The van der Waals surface area contributed by atoms with Crippen LogP contribution in [0.4, 0.5) is 0 Å². The summed E-state index contributed by atoms with van der Waals surface area (Å²) < 4.78 is 0. The van der Waals surface area contributed by atoms with E-state index in [0.29, 0.717) is 17.2 Å². The molecule has 0 atom stereocenters. The van der Waals surface area contributed by atoms with Gasteiger partial charge in [0.2, 0.25) is 5.91 Å². The first-order valence-corrected chi connectivity index (χ1v) is 9.92. The van der Waals surface area contributed by atoms with Crippen LogP contribution in [-0.2, 0) is 24.0 Å². The van der Waals surface area contributed by atoms with Gasteiger partial charge in [0.15, 0.2) is 0 Å². The Balaban J connectivity index is 1.53. The van der Waals surface area contributed by atoms with Crippen LogP contribution < -0.4 is 5.32 Å². The van der Waals surface area contributed by atoms with Gasteiger partial charge in [-0.1, -0.05) is 16.9 Å². The van der Waals surface area contributed by atoms with Crippen molar-refractivity contribution in [1.82, 2.24) is 15.4 Å². The van der Waals surface area contributed by atoms with Gasteiger partial charge in [0.1, 0.15) is 5.03 Å². The van der Waals surface area contributed by atoms with Gasteiger partial charge >= 0.3 is 5.97 Å². The van der Waals surface area contributed by atoms with Crippen LogP contribution in [-0.4, -0.2) is 46.0 Å². The van der Waals surface area contributed by atoms with E-state index in [-0.39, 0.29) is 31.7 Å². The van der Waals surface area contributed by atoms with E-state index in [0.717, 1.165) is 5.03 Å². The van der Waals surface area contributed by atoms with Crippen LogP contribution in [0.5, 0.6) is 0 Å². The molecule has 0 radical (unpaired) electrons. The van der Waals surface area contributed by atoms with Gasteiger partial charge < -0.3 is 10.2 Å². The third kappa shape index (κ3) is 6.75. The van der Waals surface area contributed by atoms with Gasteiger partial charge in [-0.25, -0.2) is 9.78 Å². The summed E-state index contributed by atoms with van der Waals surface area (Å²) in [6.45, 7) is 0.0892. The van der Waals surface area contributed by atoms with Crippen molar-refractivity contribution in [3.05, 3.63) is 24.4 Å². The molecule has 0 spiro atoms. The number of hydrogen-bond donors (Lipinski definition) is 1. The van der Waals surface area contributed by atoms with Gasteiger partial charge in [-0.3, -0.25) is 14.4 Å². The van der Waals surface area contributed by atoms with E-state index in [1.165, 1.54) is 21.6 Å². The standard InChI is InChI=1S/C15H17N3O5S2/c19-11(7-10-24-25-12-3-1-2-8-17-12)16-9-6-15(22)23-18-13(20)4-5-14(18)21/h1-3,8H,4-7,9-10H2,(H,16,19)/i6+1,9+1,15+1,16+1. The lowest BCUT2D eigenvalue weighted by atomic mass is 10.4. The van der Waals surface area contributed by atoms with E-state index in [9.17, 15) is 19.2 Å². The van der Waals surface area contributed by atoms with Crippen LogP contribution in [0.1, 0.15) is 25.7 Å². The Bertz CT molecular complexity index is 625. The fourth-order valence-electron chi connectivity index (χ4n) is 1.83.